The minimum Gasteiger partial charge on any atom is -0.353 e. The number of pyridine rings is 1. The molecule has 4 nitrogen and oxygen atoms in total. The average Bonchev–Trinajstić information content (AvgIpc) is 3.11. The lowest BCUT2D eigenvalue weighted by atomic mass is 9.93. The minimum absolute atomic E-state index is 0.118. The van der Waals surface area contributed by atoms with Crippen LogP contribution in [0, 0.1) is 17.7 Å². The van der Waals surface area contributed by atoms with E-state index in [-0.39, 0.29) is 17.8 Å². The van der Waals surface area contributed by atoms with Crippen LogP contribution >= 0.6 is 0 Å². The zero-order valence-corrected chi connectivity index (χ0v) is 15.4. The van der Waals surface area contributed by atoms with E-state index in [0.717, 1.165) is 36.8 Å². The molecule has 1 aromatic carbocycles. The summed E-state index contributed by atoms with van der Waals surface area (Å²) in [6, 6.07) is 7.10. The third-order valence-electron chi connectivity index (χ3n) is 5.82. The van der Waals surface area contributed by atoms with Gasteiger partial charge in [-0.2, -0.15) is 0 Å². The Morgan fingerprint density at radius 2 is 2.00 bits per heavy atom. The van der Waals surface area contributed by atoms with Crippen LogP contribution in [0.15, 0.2) is 30.5 Å². The summed E-state index contributed by atoms with van der Waals surface area (Å²) in [5.41, 5.74) is 2.10. The van der Waals surface area contributed by atoms with Crippen molar-refractivity contribution in [2.24, 2.45) is 11.8 Å². The van der Waals surface area contributed by atoms with Gasteiger partial charge in [-0.1, -0.05) is 0 Å². The molecule has 1 saturated carbocycles. The summed E-state index contributed by atoms with van der Waals surface area (Å²) in [6.45, 7) is 6.46. The maximum Gasteiger partial charge on any atom is 0.234 e. The first kappa shape index (κ1) is 17.4. The third-order valence-corrected chi connectivity index (χ3v) is 5.82. The topological polar surface area (TPSA) is 45.2 Å². The number of fused-ring (bicyclic) bond motifs is 2. The molecule has 0 unspecified atom stereocenters. The number of halogens is 1. The average molecular weight is 355 g/mol. The van der Waals surface area contributed by atoms with E-state index in [1.807, 2.05) is 20.0 Å². The molecule has 0 spiro atoms. The molecular formula is C21H26FN3O. The van der Waals surface area contributed by atoms with Gasteiger partial charge in [0.1, 0.15) is 5.82 Å². The summed E-state index contributed by atoms with van der Waals surface area (Å²) >= 11 is 0. The summed E-state index contributed by atoms with van der Waals surface area (Å²) in [5, 5.41) is 3.92. The van der Waals surface area contributed by atoms with Crippen LogP contribution in [0.4, 0.5) is 4.39 Å². The van der Waals surface area contributed by atoms with Gasteiger partial charge in [-0.15, -0.1) is 0 Å². The molecule has 2 fully saturated rings. The molecule has 2 aromatic rings. The van der Waals surface area contributed by atoms with Crippen LogP contribution in [0.5, 0.6) is 0 Å². The van der Waals surface area contributed by atoms with E-state index >= 15 is 0 Å². The number of nitrogens with one attached hydrogen (secondary N) is 1. The Hall–Kier alpha value is -2.01. The van der Waals surface area contributed by atoms with Crippen molar-refractivity contribution >= 4 is 16.8 Å². The van der Waals surface area contributed by atoms with Crippen molar-refractivity contribution in [2.75, 3.05) is 19.6 Å². The maximum absolute atomic E-state index is 13.7. The number of nitrogens with zero attached hydrogens (tertiary/aromatic N) is 2. The lowest BCUT2D eigenvalue weighted by molar-refractivity contribution is -0.122. The number of carbonyl (C=O) groups is 1. The van der Waals surface area contributed by atoms with Crippen LogP contribution < -0.4 is 5.32 Å². The summed E-state index contributed by atoms with van der Waals surface area (Å²) in [6.07, 6.45) is 4.07. The van der Waals surface area contributed by atoms with Crippen LogP contribution in [0.3, 0.4) is 0 Å². The van der Waals surface area contributed by atoms with Gasteiger partial charge in [0.05, 0.1) is 12.1 Å². The molecule has 138 valence electrons. The van der Waals surface area contributed by atoms with E-state index in [9.17, 15) is 9.18 Å². The third kappa shape index (κ3) is 3.45. The number of hydrogen-bond donors (Lipinski definition) is 1. The molecule has 0 bridgehead atoms. The molecule has 1 N–H and O–H groups in total. The lowest BCUT2D eigenvalue weighted by Gasteiger charge is -2.20. The Kier molecular flexibility index (Phi) is 4.65. The zero-order chi connectivity index (χ0) is 18.3. The Labute approximate surface area is 153 Å². The highest BCUT2D eigenvalue weighted by Gasteiger charge is 2.41. The van der Waals surface area contributed by atoms with Crippen molar-refractivity contribution < 1.29 is 9.18 Å². The first-order chi connectivity index (χ1) is 12.5. The van der Waals surface area contributed by atoms with E-state index in [1.165, 1.54) is 11.6 Å². The number of likely N-dealkylation sites (tertiary alicyclic amines) is 1. The van der Waals surface area contributed by atoms with Crippen LogP contribution in [-0.2, 0) is 4.79 Å². The van der Waals surface area contributed by atoms with Gasteiger partial charge in [0, 0.05) is 30.7 Å². The molecule has 26 heavy (non-hydrogen) atoms. The van der Waals surface area contributed by atoms with Gasteiger partial charge in [0.2, 0.25) is 5.91 Å². The molecule has 0 radical (unpaired) electrons. The Morgan fingerprint density at radius 1 is 1.27 bits per heavy atom. The summed E-state index contributed by atoms with van der Waals surface area (Å²) in [7, 11) is 0. The van der Waals surface area contributed by atoms with Crippen LogP contribution in [0.1, 0.15) is 38.2 Å². The fraction of sp³-hybridized carbons (Fsp3) is 0.524. The highest BCUT2D eigenvalue weighted by Crippen LogP contribution is 2.47. The van der Waals surface area contributed by atoms with Crippen molar-refractivity contribution in [3.63, 3.8) is 0 Å². The quantitative estimate of drug-likeness (QED) is 0.915. The van der Waals surface area contributed by atoms with E-state index in [1.54, 1.807) is 12.1 Å². The standard InChI is InChI=1S/C21H26FN3O/c1-13(2)24-21(26)12-25-10-15-7-14(8-16(15)11-25)18-5-6-23-20-4-3-17(22)9-19(18)20/h3-6,9,13-16H,7-8,10-12H2,1-2H3,(H,24,26)/t14-,15-,16+. The summed E-state index contributed by atoms with van der Waals surface area (Å²) in [4.78, 5) is 18.7. The minimum atomic E-state index is -0.202. The number of benzene rings is 1. The number of carbonyl (C=O) groups excluding carboxylic acids is 1. The van der Waals surface area contributed by atoms with Crippen molar-refractivity contribution in [3.8, 4) is 0 Å². The van der Waals surface area contributed by atoms with Gasteiger partial charge in [-0.3, -0.25) is 14.7 Å². The first-order valence-corrected chi connectivity index (χ1v) is 9.55. The van der Waals surface area contributed by atoms with Crippen LogP contribution in [-0.4, -0.2) is 41.5 Å². The second-order valence-corrected chi connectivity index (χ2v) is 8.17. The van der Waals surface area contributed by atoms with E-state index in [0.29, 0.717) is 24.3 Å². The Balaban J connectivity index is 1.44. The van der Waals surface area contributed by atoms with E-state index < -0.39 is 0 Å². The predicted molar refractivity (Wildman–Crippen MR) is 100 cm³/mol. The largest absolute Gasteiger partial charge is 0.353 e. The highest BCUT2D eigenvalue weighted by molar-refractivity contribution is 5.82. The van der Waals surface area contributed by atoms with Crippen molar-refractivity contribution in [3.05, 3.63) is 41.8 Å². The molecule has 2 aliphatic rings. The van der Waals surface area contributed by atoms with E-state index in [4.69, 9.17) is 0 Å². The van der Waals surface area contributed by atoms with Crippen LogP contribution in [0.25, 0.3) is 10.9 Å². The van der Waals surface area contributed by atoms with Gasteiger partial charge in [0.15, 0.2) is 0 Å². The number of aromatic nitrogens is 1. The molecule has 2 heterocycles. The van der Waals surface area contributed by atoms with Gasteiger partial charge in [-0.25, -0.2) is 4.39 Å². The Bertz CT molecular complexity index is 808. The smallest absolute Gasteiger partial charge is 0.234 e. The molecule has 1 aliphatic carbocycles. The molecule has 5 heteroatoms. The second kappa shape index (κ2) is 6.95. The SMILES string of the molecule is CC(C)NC(=O)CN1C[C@H]2C[C@@H](c3ccnc4ccc(F)cc34)C[C@H]2C1. The summed E-state index contributed by atoms with van der Waals surface area (Å²) in [5.74, 6) is 1.63. The van der Waals surface area contributed by atoms with E-state index in [2.05, 4.69) is 21.3 Å². The van der Waals surface area contributed by atoms with Crippen molar-refractivity contribution in [2.45, 2.75) is 38.6 Å². The van der Waals surface area contributed by atoms with Crippen molar-refractivity contribution in [1.82, 2.24) is 15.2 Å². The van der Waals surface area contributed by atoms with Crippen LogP contribution in [0.2, 0.25) is 0 Å². The monoisotopic (exact) mass is 355 g/mol. The molecule has 3 atom stereocenters. The first-order valence-electron chi connectivity index (χ1n) is 9.55. The highest BCUT2D eigenvalue weighted by atomic mass is 19.1. The molecule has 4 rings (SSSR count). The van der Waals surface area contributed by atoms with Gasteiger partial charge in [0.25, 0.3) is 0 Å². The zero-order valence-electron chi connectivity index (χ0n) is 15.4. The number of amides is 1. The fourth-order valence-corrected chi connectivity index (χ4v) is 4.85. The fourth-order valence-electron chi connectivity index (χ4n) is 4.85. The van der Waals surface area contributed by atoms with Gasteiger partial charge >= 0.3 is 0 Å². The van der Waals surface area contributed by atoms with Crippen molar-refractivity contribution in [1.29, 1.82) is 0 Å². The van der Waals surface area contributed by atoms with Gasteiger partial charge in [-0.05, 0) is 74.3 Å². The maximum atomic E-state index is 13.7. The molecule has 1 aliphatic heterocycles. The Morgan fingerprint density at radius 3 is 2.69 bits per heavy atom. The van der Waals surface area contributed by atoms with Gasteiger partial charge < -0.3 is 5.32 Å². The number of rotatable bonds is 4. The normalized spacial score (nSPS) is 25.8. The molecule has 1 saturated heterocycles. The molecular weight excluding hydrogens is 329 g/mol. The molecule has 1 amide bonds. The second-order valence-electron chi connectivity index (χ2n) is 8.17. The lowest BCUT2D eigenvalue weighted by Crippen LogP contribution is -2.39. The predicted octanol–water partition coefficient (Wildman–Crippen LogP) is 3.32. The molecule has 1 aromatic heterocycles. The number of hydrogen-bond acceptors (Lipinski definition) is 3. The summed E-state index contributed by atoms with van der Waals surface area (Å²) < 4.78 is 13.7.